The van der Waals surface area contributed by atoms with Gasteiger partial charge in [0.15, 0.2) is 0 Å². The summed E-state index contributed by atoms with van der Waals surface area (Å²) in [6.07, 6.45) is 2.32. The Labute approximate surface area is 132 Å². The standard InChI is InChI=1S/C14H15Cl2N3S/c1-7-12(16)18-14(9-3-4-9)19-13(7)17-8(2)10-5-6-11(15)20-10/h5-6,8-9H,3-4H2,1-2H3,(H,17,18,19). The third kappa shape index (κ3) is 2.92. The molecule has 0 spiro atoms. The van der Waals surface area contributed by atoms with Gasteiger partial charge in [-0.25, -0.2) is 9.97 Å². The van der Waals surface area contributed by atoms with E-state index in [0.717, 1.165) is 34.4 Å². The van der Waals surface area contributed by atoms with Crippen LogP contribution < -0.4 is 5.32 Å². The van der Waals surface area contributed by atoms with Crippen LogP contribution in [0.1, 0.15) is 48.0 Å². The van der Waals surface area contributed by atoms with Gasteiger partial charge in [0.25, 0.3) is 0 Å². The van der Waals surface area contributed by atoms with Gasteiger partial charge in [0.2, 0.25) is 0 Å². The molecule has 106 valence electrons. The van der Waals surface area contributed by atoms with Crippen LogP contribution in [-0.2, 0) is 0 Å². The molecule has 6 heteroatoms. The zero-order valence-corrected chi connectivity index (χ0v) is 13.6. The number of hydrogen-bond acceptors (Lipinski definition) is 4. The third-order valence-corrected chi connectivity index (χ3v) is 5.20. The Kier molecular flexibility index (Phi) is 3.89. The van der Waals surface area contributed by atoms with Crippen LogP contribution >= 0.6 is 34.5 Å². The fourth-order valence-electron chi connectivity index (χ4n) is 2.01. The number of rotatable bonds is 4. The predicted octanol–water partition coefficient (Wildman–Crippen LogP) is 5.20. The van der Waals surface area contributed by atoms with E-state index in [-0.39, 0.29) is 6.04 Å². The van der Waals surface area contributed by atoms with Gasteiger partial charge in [0.05, 0.1) is 10.4 Å². The largest absolute Gasteiger partial charge is 0.362 e. The van der Waals surface area contributed by atoms with Gasteiger partial charge in [-0.1, -0.05) is 23.2 Å². The molecule has 1 aliphatic rings. The Hall–Kier alpha value is -0.840. The van der Waals surface area contributed by atoms with Gasteiger partial charge in [-0.15, -0.1) is 11.3 Å². The minimum atomic E-state index is 0.143. The van der Waals surface area contributed by atoms with Gasteiger partial charge in [-0.3, -0.25) is 0 Å². The SMILES string of the molecule is Cc1c(Cl)nc(C2CC2)nc1NC(C)c1ccc(Cl)s1. The molecule has 3 rings (SSSR count). The summed E-state index contributed by atoms with van der Waals surface area (Å²) < 4.78 is 0.796. The molecule has 0 saturated heterocycles. The smallest absolute Gasteiger partial charge is 0.137 e. The average molecular weight is 328 g/mol. The number of halogens is 2. The highest BCUT2D eigenvalue weighted by Gasteiger charge is 2.28. The molecule has 2 aromatic rings. The molecule has 0 aromatic carbocycles. The number of aromatic nitrogens is 2. The van der Waals surface area contributed by atoms with Crippen molar-refractivity contribution in [2.24, 2.45) is 0 Å². The molecular weight excluding hydrogens is 313 g/mol. The Morgan fingerprint density at radius 2 is 2.05 bits per heavy atom. The topological polar surface area (TPSA) is 37.8 Å². The molecule has 2 aromatic heterocycles. The number of anilines is 1. The molecule has 0 aliphatic heterocycles. The fourth-order valence-corrected chi connectivity index (χ4v) is 3.25. The van der Waals surface area contributed by atoms with E-state index in [9.17, 15) is 0 Å². The highest BCUT2D eigenvalue weighted by atomic mass is 35.5. The second kappa shape index (κ2) is 5.51. The maximum Gasteiger partial charge on any atom is 0.137 e. The van der Waals surface area contributed by atoms with Crippen molar-refractivity contribution in [3.05, 3.63) is 37.9 Å². The van der Waals surface area contributed by atoms with Crippen LogP contribution in [0.3, 0.4) is 0 Å². The van der Waals surface area contributed by atoms with E-state index >= 15 is 0 Å². The molecule has 1 unspecified atom stereocenters. The van der Waals surface area contributed by atoms with Crippen molar-refractivity contribution >= 4 is 40.4 Å². The van der Waals surface area contributed by atoms with Crippen molar-refractivity contribution in [1.82, 2.24) is 9.97 Å². The molecule has 20 heavy (non-hydrogen) atoms. The highest BCUT2D eigenvalue weighted by Crippen LogP contribution is 2.40. The van der Waals surface area contributed by atoms with Crippen LogP contribution in [0.4, 0.5) is 5.82 Å². The van der Waals surface area contributed by atoms with Crippen molar-refractivity contribution in [2.45, 2.75) is 38.6 Å². The van der Waals surface area contributed by atoms with E-state index < -0.39 is 0 Å². The van der Waals surface area contributed by atoms with Crippen molar-refractivity contribution in [3.63, 3.8) is 0 Å². The van der Waals surface area contributed by atoms with Gasteiger partial charge in [0, 0.05) is 16.4 Å². The van der Waals surface area contributed by atoms with Crippen LogP contribution in [0.2, 0.25) is 9.49 Å². The number of nitrogens with zero attached hydrogens (tertiary/aromatic N) is 2. The van der Waals surface area contributed by atoms with E-state index in [0.29, 0.717) is 11.1 Å². The molecule has 2 heterocycles. The summed E-state index contributed by atoms with van der Waals surface area (Å²) >= 11 is 13.8. The Bertz CT molecular complexity index is 637. The second-order valence-electron chi connectivity index (χ2n) is 5.13. The highest BCUT2D eigenvalue weighted by molar-refractivity contribution is 7.16. The maximum atomic E-state index is 6.21. The molecule has 0 bridgehead atoms. The number of thiophene rings is 1. The van der Waals surface area contributed by atoms with Crippen molar-refractivity contribution in [1.29, 1.82) is 0 Å². The minimum absolute atomic E-state index is 0.143. The summed E-state index contributed by atoms with van der Waals surface area (Å²) in [6.45, 7) is 4.03. The molecule has 0 amide bonds. The number of hydrogen-bond donors (Lipinski definition) is 1. The Morgan fingerprint density at radius 3 is 2.65 bits per heavy atom. The molecular formula is C14H15Cl2N3S. The van der Waals surface area contributed by atoms with Gasteiger partial charge >= 0.3 is 0 Å². The van der Waals surface area contributed by atoms with Gasteiger partial charge in [-0.05, 0) is 38.8 Å². The van der Waals surface area contributed by atoms with Crippen molar-refractivity contribution < 1.29 is 0 Å². The summed E-state index contributed by atoms with van der Waals surface area (Å²) in [5, 5.41) is 3.96. The monoisotopic (exact) mass is 327 g/mol. The molecule has 1 aliphatic carbocycles. The maximum absolute atomic E-state index is 6.21. The summed E-state index contributed by atoms with van der Waals surface area (Å²) in [7, 11) is 0. The Morgan fingerprint density at radius 1 is 1.30 bits per heavy atom. The van der Waals surface area contributed by atoms with E-state index in [1.54, 1.807) is 11.3 Å². The first-order valence-electron chi connectivity index (χ1n) is 6.60. The van der Waals surface area contributed by atoms with E-state index in [1.807, 2.05) is 19.1 Å². The predicted molar refractivity (Wildman–Crippen MR) is 85.1 cm³/mol. The zero-order valence-electron chi connectivity index (χ0n) is 11.3. The summed E-state index contributed by atoms with van der Waals surface area (Å²) in [6, 6.07) is 4.09. The molecule has 1 fully saturated rings. The third-order valence-electron chi connectivity index (χ3n) is 3.42. The van der Waals surface area contributed by atoms with Crippen LogP contribution in [0.25, 0.3) is 0 Å². The lowest BCUT2D eigenvalue weighted by molar-refractivity contribution is 0.861. The van der Waals surface area contributed by atoms with Crippen molar-refractivity contribution in [3.8, 4) is 0 Å². The van der Waals surface area contributed by atoms with Gasteiger partial charge < -0.3 is 5.32 Å². The molecule has 1 atom stereocenters. The van der Waals surface area contributed by atoms with Crippen LogP contribution in [0, 0.1) is 6.92 Å². The summed E-state index contributed by atoms with van der Waals surface area (Å²) in [5.41, 5.74) is 0.894. The lowest BCUT2D eigenvalue weighted by atomic mass is 10.2. The van der Waals surface area contributed by atoms with Gasteiger partial charge in [0.1, 0.15) is 16.8 Å². The first-order valence-corrected chi connectivity index (χ1v) is 8.17. The normalized spacial score (nSPS) is 16.2. The molecule has 3 nitrogen and oxygen atoms in total. The zero-order chi connectivity index (χ0) is 14.3. The Balaban J connectivity index is 1.85. The van der Waals surface area contributed by atoms with Crippen molar-refractivity contribution in [2.75, 3.05) is 5.32 Å². The fraction of sp³-hybridized carbons (Fsp3) is 0.429. The molecule has 1 saturated carbocycles. The number of nitrogens with one attached hydrogen (secondary N) is 1. The second-order valence-corrected chi connectivity index (χ2v) is 7.23. The molecule has 0 radical (unpaired) electrons. The van der Waals surface area contributed by atoms with Crippen LogP contribution in [-0.4, -0.2) is 9.97 Å². The van der Waals surface area contributed by atoms with Gasteiger partial charge in [-0.2, -0.15) is 0 Å². The summed E-state index contributed by atoms with van der Waals surface area (Å²) in [5.74, 6) is 2.17. The average Bonchev–Trinajstić information content (AvgIpc) is 3.16. The first kappa shape index (κ1) is 14.1. The lowest BCUT2D eigenvalue weighted by Crippen LogP contribution is -2.10. The summed E-state index contributed by atoms with van der Waals surface area (Å²) in [4.78, 5) is 10.2. The van der Waals surface area contributed by atoms with E-state index in [4.69, 9.17) is 23.2 Å². The first-order chi connectivity index (χ1) is 9.54. The minimum Gasteiger partial charge on any atom is -0.362 e. The molecule has 1 N–H and O–H groups in total. The van der Waals surface area contributed by atoms with E-state index in [2.05, 4.69) is 22.2 Å². The quantitative estimate of drug-likeness (QED) is 0.784. The van der Waals surface area contributed by atoms with Crippen LogP contribution in [0.15, 0.2) is 12.1 Å². The van der Waals surface area contributed by atoms with E-state index in [1.165, 1.54) is 4.88 Å². The van der Waals surface area contributed by atoms with Crippen LogP contribution in [0.5, 0.6) is 0 Å². The lowest BCUT2D eigenvalue weighted by Gasteiger charge is -2.16.